The minimum Gasteiger partial charge on any atom is -0.330 e. The quantitative estimate of drug-likeness (QED) is 0.575. The van der Waals surface area contributed by atoms with Crippen LogP contribution in [0.2, 0.25) is 0 Å². The predicted octanol–water partition coefficient (Wildman–Crippen LogP) is 1.26. The maximum absolute atomic E-state index is 11.8. The van der Waals surface area contributed by atoms with Crippen LogP contribution in [0, 0.1) is 5.92 Å². The fourth-order valence-corrected chi connectivity index (χ4v) is 3.74. The summed E-state index contributed by atoms with van der Waals surface area (Å²) in [7, 11) is -3.36. The van der Waals surface area contributed by atoms with Crippen LogP contribution in [-0.4, -0.2) is 26.8 Å². The van der Waals surface area contributed by atoms with Crippen molar-refractivity contribution in [3.05, 3.63) is 0 Å². The third kappa shape index (κ3) is 3.74. The van der Waals surface area contributed by atoms with Gasteiger partial charge in [-0.1, -0.05) is 19.8 Å². The third-order valence-corrected chi connectivity index (χ3v) is 4.94. The Morgan fingerprint density at radius 3 is 2.60 bits per heavy atom. The van der Waals surface area contributed by atoms with Crippen molar-refractivity contribution in [1.29, 1.82) is 0 Å². The van der Waals surface area contributed by atoms with Crippen molar-refractivity contribution in [1.82, 2.24) is 0 Å². The summed E-state index contributed by atoms with van der Waals surface area (Å²) in [5, 5.41) is -0.302. The van der Waals surface area contributed by atoms with Crippen molar-refractivity contribution >= 4 is 10.1 Å². The van der Waals surface area contributed by atoms with Crippen LogP contribution in [0.25, 0.3) is 0 Å². The number of hydrogen-bond acceptors (Lipinski definition) is 4. The molecule has 1 rings (SSSR count). The van der Waals surface area contributed by atoms with Crippen LogP contribution in [-0.2, 0) is 14.3 Å². The summed E-state index contributed by atoms with van der Waals surface area (Å²) < 4.78 is 28.6. The van der Waals surface area contributed by atoms with E-state index in [1.165, 1.54) is 0 Å². The van der Waals surface area contributed by atoms with E-state index in [1.54, 1.807) is 0 Å². The molecule has 1 saturated carbocycles. The normalized spacial score (nSPS) is 27.9. The highest BCUT2D eigenvalue weighted by molar-refractivity contribution is 7.87. The van der Waals surface area contributed by atoms with Gasteiger partial charge in [0, 0.05) is 0 Å². The zero-order valence-electron chi connectivity index (χ0n) is 9.31. The second kappa shape index (κ2) is 5.82. The Morgan fingerprint density at radius 2 is 2.00 bits per heavy atom. The lowest BCUT2D eigenvalue weighted by Gasteiger charge is -2.27. The summed E-state index contributed by atoms with van der Waals surface area (Å²) in [6, 6.07) is 0. The smallest absolute Gasteiger partial charge is 0.270 e. The molecular weight excluding hydrogens is 214 g/mol. The molecule has 0 heterocycles. The van der Waals surface area contributed by atoms with E-state index < -0.39 is 10.1 Å². The number of nitrogens with two attached hydrogens (primary N) is 1. The molecule has 0 spiro atoms. The van der Waals surface area contributed by atoms with Crippen LogP contribution in [0.15, 0.2) is 0 Å². The molecule has 2 N–H and O–H groups in total. The van der Waals surface area contributed by atoms with Gasteiger partial charge in [-0.25, -0.2) is 0 Å². The zero-order valence-corrected chi connectivity index (χ0v) is 10.1. The molecule has 0 radical (unpaired) electrons. The molecule has 0 aromatic rings. The van der Waals surface area contributed by atoms with E-state index in [0.717, 1.165) is 25.7 Å². The van der Waals surface area contributed by atoms with Gasteiger partial charge in [0.1, 0.15) is 0 Å². The van der Waals surface area contributed by atoms with E-state index in [-0.39, 0.29) is 17.8 Å². The topological polar surface area (TPSA) is 69.4 Å². The summed E-state index contributed by atoms with van der Waals surface area (Å²) in [4.78, 5) is 0. The Bertz CT molecular complexity index is 276. The zero-order chi connectivity index (χ0) is 11.3. The largest absolute Gasteiger partial charge is 0.330 e. The molecular formula is C10H21NO3S. The molecule has 15 heavy (non-hydrogen) atoms. The highest BCUT2D eigenvalue weighted by Gasteiger charge is 2.33. The third-order valence-electron chi connectivity index (χ3n) is 3.00. The van der Waals surface area contributed by atoms with Gasteiger partial charge in [0.25, 0.3) is 10.1 Å². The average Bonchev–Trinajstić information content (AvgIpc) is 2.18. The van der Waals surface area contributed by atoms with Crippen molar-refractivity contribution in [3.63, 3.8) is 0 Å². The van der Waals surface area contributed by atoms with Crippen LogP contribution in [0.4, 0.5) is 0 Å². The minimum absolute atomic E-state index is 0.224. The summed E-state index contributed by atoms with van der Waals surface area (Å²) in [5.74, 6) is 0.224. The summed E-state index contributed by atoms with van der Waals surface area (Å²) >= 11 is 0. The number of rotatable bonds is 5. The molecule has 4 nitrogen and oxygen atoms in total. The second-order valence-corrected chi connectivity index (χ2v) is 6.08. The standard InChI is InChI=1S/C10H21NO3S/c1-9-5-2-3-6-10(9)15(12,13)14-8-4-7-11/h9-10H,2-8,11H2,1H3. The van der Waals surface area contributed by atoms with Crippen LogP contribution in [0.5, 0.6) is 0 Å². The molecule has 2 atom stereocenters. The Kier molecular flexibility index (Phi) is 5.02. The Hall–Kier alpha value is -0.130. The molecule has 0 aromatic heterocycles. The molecule has 0 aliphatic heterocycles. The lowest BCUT2D eigenvalue weighted by molar-refractivity contribution is 0.284. The van der Waals surface area contributed by atoms with E-state index in [0.29, 0.717) is 13.0 Å². The fraction of sp³-hybridized carbons (Fsp3) is 1.00. The van der Waals surface area contributed by atoms with Gasteiger partial charge in [0.05, 0.1) is 11.9 Å². The van der Waals surface area contributed by atoms with Crippen LogP contribution in [0.3, 0.4) is 0 Å². The predicted molar refractivity (Wildman–Crippen MR) is 60.0 cm³/mol. The monoisotopic (exact) mass is 235 g/mol. The van der Waals surface area contributed by atoms with Gasteiger partial charge in [0.2, 0.25) is 0 Å². The molecule has 1 aliphatic rings. The van der Waals surface area contributed by atoms with Gasteiger partial charge in [-0.05, 0) is 31.7 Å². The van der Waals surface area contributed by atoms with Gasteiger partial charge >= 0.3 is 0 Å². The molecule has 0 amide bonds. The van der Waals surface area contributed by atoms with Gasteiger partial charge in [-0.2, -0.15) is 8.42 Å². The lowest BCUT2D eigenvalue weighted by atomic mass is 9.90. The van der Waals surface area contributed by atoms with E-state index in [9.17, 15) is 8.42 Å². The first-order chi connectivity index (χ1) is 7.08. The second-order valence-electron chi connectivity index (χ2n) is 4.26. The highest BCUT2D eigenvalue weighted by Crippen LogP contribution is 2.29. The van der Waals surface area contributed by atoms with Gasteiger partial charge in [-0.15, -0.1) is 0 Å². The minimum atomic E-state index is -3.36. The Morgan fingerprint density at radius 1 is 1.33 bits per heavy atom. The van der Waals surface area contributed by atoms with Crippen LogP contribution in [0.1, 0.15) is 39.0 Å². The van der Waals surface area contributed by atoms with Crippen molar-refractivity contribution in [2.45, 2.75) is 44.3 Å². The van der Waals surface area contributed by atoms with Crippen LogP contribution >= 0.6 is 0 Å². The molecule has 1 fully saturated rings. The molecule has 90 valence electrons. The Labute approximate surface area is 92.3 Å². The molecule has 1 aliphatic carbocycles. The van der Waals surface area contributed by atoms with Gasteiger partial charge in [0.15, 0.2) is 0 Å². The van der Waals surface area contributed by atoms with E-state index in [2.05, 4.69) is 0 Å². The first kappa shape index (κ1) is 12.9. The Balaban J connectivity index is 2.51. The van der Waals surface area contributed by atoms with Crippen molar-refractivity contribution in [3.8, 4) is 0 Å². The van der Waals surface area contributed by atoms with E-state index >= 15 is 0 Å². The van der Waals surface area contributed by atoms with Gasteiger partial charge < -0.3 is 5.73 Å². The molecule has 0 saturated heterocycles. The average molecular weight is 235 g/mol. The fourth-order valence-electron chi connectivity index (χ4n) is 2.06. The van der Waals surface area contributed by atoms with Crippen molar-refractivity contribution in [2.24, 2.45) is 11.7 Å². The van der Waals surface area contributed by atoms with E-state index in [4.69, 9.17) is 9.92 Å². The molecule has 5 heteroatoms. The molecule has 2 unspecified atom stereocenters. The summed E-state index contributed by atoms with van der Waals surface area (Å²) in [6.45, 7) is 2.69. The van der Waals surface area contributed by atoms with Crippen LogP contribution < -0.4 is 5.73 Å². The summed E-state index contributed by atoms with van der Waals surface area (Å²) in [6.07, 6.45) is 4.46. The van der Waals surface area contributed by atoms with Crippen molar-refractivity contribution < 1.29 is 12.6 Å². The maximum atomic E-state index is 11.8. The number of hydrogen-bond donors (Lipinski definition) is 1. The lowest BCUT2D eigenvalue weighted by Crippen LogP contribution is -2.32. The maximum Gasteiger partial charge on any atom is 0.270 e. The highest BCUT2D eigenvalue weighted by atomic mass is 32.2. The van der Waals surface area contributed by atoms with Gasteiger partial charge in [-0.3, -0.25) is 4.18 Å². The first-order valence-corrected chi connectivity index (χ1v) is 7.13. The SMILES string of the molecule is CC1CCCCC1S(=O)(=O)OCCCN. The molecule has 0 aromatic carbocycles. The molecule has 0 bridgehead atoms. The van der Waals surface area contributed by atoms with Crippen molar-refractivity contribution in [2.75, 3.05) is 13.2 Å². The first-order valence-electron chi connectivity index (χ1n) is 5.66. The summed E-state index contributed by atoms with van der Waals surface area (Å²) in [5.41, 5.74) is 5.29. The van der Waals surface area contributed by atoms with E-state index in [1.807, 2.05) is 6.92 Å².